The molecule has 4 heteroatoms. The Balaban J connectivity index is 2.84. The van der Waals surface area contributed by atoms with Crippen LogP contribution in [-0.2, 0) is 4.79 Å². The fourth-order valence-electron chi connectivity index (χ4n) is 1.10. The average molecular weight is 212 g/mol. The van der Waals surface area contributed by atoms with E-state index >= 15 is 0 Å². The standard InChI is InChI=1S/C10H12O3S/c1-6(10(12)13)9(14)7-2-4-8(11)5-3-7/h2-6,9,11,14H,1H3,(H,12,13). The van der Waals surface area contributed by atoms with Gasteiger partial charge >= 0.3 is 5.97 Å². The second-order valence-electron chi connectivity index (χ2n) is 3.16. The molecule has 0 amide bonds. The van der Waals surface area contributed by atoms with Crippen molar-refractivity contribution < 1.29 is 15.0 Å². The van der Waals surface area contributed by atoms with Gasteiger partial charge in [-0.15, -0.1) is 0 Å². The molecule has 76 valence electrons. The summed E-state index contributed by atoms with van der Waals surface area (Å²) in [6, 6.07) is 6.39. The molecule has 0 saturated carbocycles. The molecule has 14 heavy (non-hydrogen) atoms. The van der Waals surface area contributed by atoms with Gasteiger partial charge in [-0.25, -0.2) is 0 Å². The highest BCUT2D eigenvalue weighted by Gasteiger charge is 2.21. The number of rotatable bonds is 3. The van der Waals surface area contributed by atoms with Gasteiger partial charge in [-0.3, -0.25) is 4.79 Å². The quantitative estimate of drug-likeness (QED) is 0.672. The van der Waals surface area contributed by atoms with E-state index < -0.39 is 11.9 Å². The highest BCUT2D eigenvalue weighted by atomic mass is 32.1. The number of phenols is 1. The molecule has 0 bridgehead atoms. The number of carboxylic acids is 1. The van der Waals surface area contributed by atoms with E-state index in [1.165, 1.54) is 12.1 Å². The predicted molar refractivity (Wildman–Crippen MR) is 56.6 cm³/mol. The van der Waals surface area contributed by atoms with Crippen LogP contribution in [0.2, 0.25) is 0 Å². The second kappa shape index (κ2) is 4.37. The lowest BCUT2D eigenvalue weighted by molar-refractivity contribution is -0.141. The molecule has 0 aliphatic rings. The Morgan fingerprint density at radius 2 is 1.86 bits per heavy atom. The van der Waals surface area contributed by atoms with E-state index in [4.69, 9.17) is 10.2 Å². The summed E-state index contributed by atoms with van der Waals surface area (Å²) in [4.78, 5) is 10.7. The fraction of sp³-hybridized carbons (Fsp3) is 0.300. The van der Waals surface area contributed by atoms with Crippen molar-refractivity contribution in [2.24, 2.45) is 5.92 Å². The Bertz CT molecular complexity index is 321. The smallest absolute Gasteiger partial charge is 0.307 e. The average Bonchev–Trinajstić information content (AvgIpc) is 2.16. The zero-order chi connectivity index (χ0) is 10.7. The number of thiol groups is 1. The Morgan fingerprint density at radius 3 is 2.29 bits per heavy atom. The van der Waals surface area contributed by atoms with Gasteiger partial charge in [0.1, 0.15) is 5.75 Å². The van der Waals surface area contributed by atoms with Gasteiger partial charge in [0.25, 0.3) is 0 Å². The summed E-state index contributed by atoms with van der Waals surface area (Å²) in [6.07, 6.45) is 0. The molecule has 2 atom stereocenters. The van der Waals surface area contributed by atoms with Crippen molar-refractivity contribution in [2.75, 3.05) is 0 Å². The van der Waals surface area contributed by atoms with Gasteiger partial charge in [-0.1, -0.05) is 19.1 Å². The van der Waals surface area contributed by atoms with Crippen LogP contribution in [0.1, 0.15) is 17.7 Å². The molecule has 0 fully saturated rings. The molecule has 1 aromatic rings. The summed E-state index contributed by atoms with van der Waals surface area (Å²) < 4.78 is 0. The van der Waals surface area contributed by atoms with Crippen LogP contribution < -0.4 is 0 Å². The number of carboxylic acid groups (broad SMARTS) is 1. The minimum absolute atomic E-state index is 0.164. The van der Waals surface area contributed by atoms with Gasteiger partial charge in [0.05, 0.1) is 5.92 Å². The monoisotopic (exact) mass is 212 g/mol. The first-order valence-electron chi connectivity index (χ1n) is 4.22. The first-order valence-corrected chi connectivity index (χ1v) is 4.74. The highest BCUT2D eigenvalue weighted by molar-refractivity contribution is 7.80. The van der Waals surface area contributed by atoms with E-state index in [1.807, 2.05) is 0 Å². The zero-order valence-corrected chi connectivity index (χ0v) is 8.61. The number of carbonyl (C=O) groups is 1. The van der Waals surface area contributed by atoms with Crippen molar-refractivity contribution in [2.45, 2.75) is 12.2 Å². The molecule has 1 rings (SSSR count). The van der Waals surface area contributed by atoms with E-state index in [0.717, 1.165) is 5.56 Å². The molecule has 0 saturated heterocycles. The SMILES string of the molecule is CC(C(=O)O)C(S)c1ccc(O)cc1. The largest absolute Gasteiger partial charge is 0.508 e. The summed E-state index contributed by atoms with van der Waals surface area (Å²) in [6.45, 7) is 1.60. The minimum Gasteiger partial charge on any atom is -0.508 e. The van der Waals surface area contributed by atoms with Gasteiger partial charge in [-0.05, 0) is 17.7 Å². The molecule has 3 nitrogen and oxygen atoms in total. The molecule has 0 aromatic heterocycles. The predicted octanol–water partition coefficient (Wildman–Crippen LogP) is 2.08. The van der Waals surface area contributed by atoms with Crippen molar-refractivity contribution in [1.82, 2.24) is 0 Å². The summed E-state index contributed by atoms with van der Waals surface area (Å²) in [5.74, 6) is -1.27. The number of hydrogen-bond acceptors (Lipinski definition) is 3. The first kappa shape index (κ1) is 10.9. The topological polar surface area (TPSA) is 57.5 Å². The molecule has 0 radical (unpaired) electrons. The van der Waals surface area contributed by atoms with E-state index in [1.54, 1.807) is 19.1 Å². The van der Waals surface area contributed by atoms with Gasteiger partial charge < -0.3 is 10.2 Å². The van der Waals surface area contributed by atoms with E-state index in [2.05, 4.69) is 12.6 Å². The Morgan fingerprint density at radius 1 is 1.36 bits per heavy atom. The lowest BCUT2D eigenvalue weighted by Gasteiger charge is -2.15. The maximum Gasteiger partial charge on any atom is 0.307 e. The summed E-state index contributed by atoms with van der Waals surface area (Å²) in [5.41, 5.74) is 0.793. The van der Waals surface area contributed by atoms with Gasteiger partial charge in [-0.2, -0.15) is 12.6 Å². The Hall–Kier alpha value is -1.16. The molecule has 0 spiro atoms. The lowest BCUT2D eigenvalue weighted by atomic mass is 10.0. The summed E-state index contributed by atoms with van der Waals surface area (Å²) >= 11 is 4.23. The minimum atomic E-state index is -0.877. The third-order valence-corrected chi connectivity index (χ3v) is 2.84. The maximum absolute atomic E-state index is 10.7. The van der Waals surface area contributed by atoms with Crippen LogP contribution in [0.5, 0.6) is 5.75 Å². The van der Waals surface area contributed by atoms with Crippen molar-refractivity contribution in [3.63, 3.8) is 0 Å². The van der Waals surface area contributed by atoms with E-state index in [-0.39, 0.29) is 11.0 Å². The third-order valence-electron chi connectivity index (χ3n) is 2.10. The van der Waals surface area contributed by atoms with Crippen LogP contribution in [0.15, 0.2) is 24.3 Å². The lowest BCUT2D eigenvalue weighted by Crippen LogP contribution is -2.15. The molecule has 1 aromatic carbocycles. The molecular formula is C10H12O3S. The van der Waals surface area contributed by atoms with Gasteiger partial charge in [0, 0.05) is 5.25 Å². The van der Waals surface area contributed by atoms with Gasteiger partial charge in [0.2, 0.25) is 0 Å². The van der Waals surface area contributed by atoms with Crippen LogP contribution in [0.3, 0.4) is 0 Å². The van der Waals surface area contributed by atoms with E-state index in [0.29, 0.717) is 0 Å². The van der Waals surface area contributed by atoms with Crippen molar-refractivity contribution >= 4 is 18.6 Å². The fourth-order valence-corrected chi connectivity index (χ4v) is 1.39. The van der Waals surface area contributed by atoms with Crippen LogP contribution in [0.4, 0.5) is 0 Å². The molecular weight excluding hydrogens is 200 g/mol. The number of aliphatic carboxylic acids is 1. The van der Waals surface area contributed by atoms with Crippen LogP contribution in [0, 0.1) is 5.92 Å². The van der Waals surface area contributed by atoms with Crippen molar-refractivity contribution in [1.29, 1.82) is 0 Å². The maximum atomic E-state index is 10.7. The Kier molecular flexibility index (Phi) is 3.41. The first-order chi connectivity index (χ1) is 6.52. The number of hydrogen-bond donors (Lipinski definition) is 3. The Labute approximate surface area is 87.8 Å². The molecule has 2 unspecified atom stereocenters. The van der Waals surface area contributed by atoms with E-state index in [9.17, 15) is 4.79 Å². The molecule has 0 aliphatic carbocycles. The number of aromatic hydroxyl groups is 1. The molecule has 2 N–H and O–H groups in total. The summed E-state index contributed by atoms with van der Waals surface area (Å²) in [5, 5.41) is 17.5. The van der Waals surface area contributed by atoms with Crippen LogP contribution in [0.25, 0.3) is 0 Å². The van der Waals surface area contributed by atoms with Crippen LogP contribution >= 0.6 is 12.6 Å². The normalized spacial score (nSPS) is 14.7. The molecule has 0 heterocycles. The zero-order valence-electron chi connectivity index (χ0n) is 7.71. The van der Waals surface area contributed by atoms with Crippen molar-refractivity contribution in [3.8, 4) is 5.75 Å². The molecule has 0 aliphatic heterocycles. The van der Waals surface area contributed by atoms with Gasteiger partial charge in [0.15, 0.2) is 0 Å². The second-order valence-corrected chi connectivity index (χ2v) is 3.72. The number of phenolic OH excluding ortho intramolecular Hbond substituents is 1. The van der Waals surface area contributed by atoms with Crippen molar-refractivity contribution in [3.05, 3.63) is 29.8 Å². The highest BCUT2D eigenvalue weighted by Crippen LogP contribution is 2.29. The number of benzene rings is 1. The van der Waals surface area contributed by atoms with Crippen LogP contribution in [-0.4, -0.2) is 16.2 Å². The summed E-state index contributed by atoms with van der Waals surface area (Å²) in [7, 11) is 0. The third kappa shape index (κ3) is 2.42.